The van der Waals surface area contributed by atoms with Gasteiger partial charge in [0.1, 0.15) is 0 Å². The van der Waals surface area contributed by atoms with Crippen molar-refractivity contribution in [3.8, 4) is 11.5 Å². The quantitative estimate of drug-likeness (QED) is 0.432. The molecule has 6 heteroatoms. The molecule has 2 heterocycles. The van der Waals surface area contributed by atoms with Crippen LogP contribution in [0.5, 0.6) is 11.5 Å². The second-order valence-electron chi connectivity index (χ2n) is 7.66. The Morgan fingerprint density at radius 3 is 2.72 bits per heavy atom. The Bertz CT molecular complexity index is 928. The van der Waals surface area contributed by atoms with Gasteiger partial charge in [-0.15, -0.1) is 11.6 Å². The third kappa shape index (κ3) is 4.20. The van der Waals surface area contributed by atoms with Gasteiger partial charge < -0.3 is 14.4 Å². The first-order valence-electron chi connectivity index (χ1n) is 10.4. The number of methoxy groups -OCH3 is 1. The van der Waals surface area contributed by atoms with Crippen molar-refractivity contribution < 1.29 is 14.3 Å². The van der Waals surface area contributed by atoms with Gasteiger partial charge in [-0.25, -0.2) is 0 Å². The number of fused-ring (bicyclic) bond motifs is 3. The van der Waals surface area contributed by atoms with Gasteiger partial charge in [0.2, 0.25) is 0 Å². The number of hydrogen-bond donors (Lipinski definition) is 0. The summed E-state index contributed by atoms with van der Waals surface area (Å²) in [7, 11) is 1.64. The highest BCUT2D eigenvalue weighted by Crippen LogP contribution is 2.37. The molecule has 2 aromatic rings. The van der Waals surface area contributed by atoms with Crippen LogP contribution in [0.2, 0.25) is 0 Å². The number of rotatable bonds is 8. The summed E-state index contributed by atoms with van der Waals surface area (Å²) in [6.07, 6.45) is 8.19. The van der Waals surface area contributed by atoms with Gasteiger partial charge in [0.05, 0.1) is 31.0 Å². The molecule has 1 amide bonds. The Balaban J connectivity index is 1.59. The van der Waals surface area contributed by atoms with E-state index in [-0.39, 0.29) is 11.9 Å². The van der Waals surface area contributed by atoms with Gasteiger partial charge in [-0.2, -0.15) is 0 Å². The lowest BCUT2D eigenvalue weighted by Crippen LogP contribution is -2.35. The number of alkyl halides is 1. The van der Waals surface area contributed by atoms with E-state index >= 15 is 0 Å². The van der Waals surface area contributed by atoms with Crippen molar-refractivity contribution in [1.29, 1.82) is 0 Å². The Morgan fingerprint density at radius 2 is 1.90 bits per heavy atom. The summed E-state index contributed by atoms with van der Waals surface area (Å²) in [6, 6.07) is 7.96. The minimum atomic E-state index is 0.0677. The second kappa shape index (κ2) is 9.04. The molecule has 2 aliphatic heterocycles. The number of aliphatic imine (C=N–C) groups is 1. The lowest BCUT2D eigenvalue weighted by Gasteiger charge is -2.20. The highest BCUT2D eigenvalue weighted by Gasteiger charge is 2.31. The molecule has 0 spiro atoms. The first kappa shape index (κ1) is 20.0. The number of hydrogen-bond acceptors (Lipinski definition) is 4. The topological polar surface area (TPSA) is 51.1 Å². The number of halogens is 1. The Kier molecular flexibility index (Phi) is 6.24. The van der Waals surface area contributed by atoms with Crippen molar-refractivity contribution in [1.82, 2.24) is 4.90 Å². The third-order valence-corrected chi connectivity index (χ3v) is 5.97. The maximum atomic E-state index is 13.0. The summed E-state index contributed by atoms with van der Waals surface area (Å²) in [6.45, 7) is 1.44. The number of carbonyl (C=O) groups excluding carboxylic acids is 1. The van der Waals surface area contributed by atoms with E-state index in [1.54, 1.807) is 7.11 Å². The SMILES string of the molecule is COc1cc2cc3c(cc2cc1OCCCCCCCl)N=C[C@@H]1CCCN1C3=O. The Morgan fingerprint density at radius 1 is 1.10 bits per heavy atom. The standard InChI is InChI=1S/C23H27ClN2O3/c1-28-21-13-16-11-19-20(25-15-18-7-6-9-26(18)23(19)27)12-17(16)14-22(21)29-10-5-3-2-4-8-24/h11-15,18H,2-10H2,1H3/t18-/m0/s1. The number of benzene rings is 2. The number of carbonyl (C=O) groups is 1. The van der Waals surface area contributed by atoms with Crippen LogP contribution < -0.4 is 9.47 Å². The van der Waals surface area contributed by atoms with Crippen molar-refractivity contribution in [2.75, 3.05) is 26.1 Å². The Labute approximate surface area is 176 Å². The van der Waals surface area contributed by atoms with E-state index in [1.165, 1.54) is 0 Å². The predicted molar refractivity (Wildman–Crippen MR) is 117 cm³/mol. The number of amides is 1. The third-order valence-electron chi connectivity index (χ3n) is 5.70. The maximum Gasteiger partial charge on any atom is 0.256 e. The molecule has 0 aromatic heterocycles. The van der Waals surface area contributed by atoms with Gasteiger partial charge in [-0.05, 0) is 60.7 Å². The molecule has 29 heavy (non-hydrogen) atoms. The Hall–Kier alpha value is -2.27. The molecule has 0 radical (unpaired) electrons. The van der Waals surface area contributed by atoms with Crippen molar-refractivity contribution >= 4 is 40.2 Å². The van der Waals surface area contributed by atoms with E-state index in [2.05, 4.69) is 4.99 Å². The zero-order valence-corrected chi connectivity index (χ0v) is 17.6. The molecule has 1 atom stereocenters. The molecule has 5 nitrogen and oxygen atoms in total. The summed E-state index contributed by atoms with van der Waals surface area (Å²) < 4.78 is 11.5. The summed E-state index contributed by atoms with van der Waals surface area (Å²) in [4.78, 5) is 19.6. The monoisotopic (exact) mass is 414 g/mol. The molecule has 154 valence electrons. The van der Waals surface area contributed by atoms with Crippen molar-refractivity contribution in [3.63, 3.8) is 0 Å². The molecule has 0 unspecified atom stereocenters. The predicted octanol–water partition coefficient (Wildman–Crippen LogP) is 5.35. The van der Waals surface area contributed by atoms with Crippen LogP contribution in [-0.4, -0.2) is 49.2 Å². The fraction of sp³-hybridized carbons (Fsp3) is 0.478. The molecular weight excluding hydrogens is 388 g/mol. The lowest BCUT2D eigenvalue weighted by atomic mass is 10.0. The molecule has 2 aromatic carbocycles. The fourth-order valence-electron chi connectivity index (χ4n) is 4.10. The van der Waals surface area contributed by atoms with Crippen LogP contribution in [0.25, 0.3) is 10.8 Å². The number of ether oxygens (including phenoxy) is 2. The largest absolute Gasteiger partial charge is 0.493 e. The molecule has 0 N–H and O–H groups in total. The fourth-order valence-corrected chi connectivity index (χ4v) is 4.29. The van der Waals surface area contributed by atoms with E-state index in [0.717, 1.165) is 67.3 Å². The molecule has 0 saturated carbocycles. The van der Waals surface area contributed by atoms with Gasteiger partial charge in [-0.1, -0.05) is 12.8 Å². The zero-order chi connectivity index (χ0) is 20.2. The second-order valence-corrected chi connectivity index (χ2v) is 8.04. The minimum Gasteiger partial charge on any atom is -0.493 e. The summed E-state index contributed by atoms with van der Waals surface area (Å²) >= 11 is 5.72. The van der Waals surface area contributed by atoms with E-state index in [4.69, 9.17) is 21.1 Å². The van der Waals surface area contributed by atoms with Gasteiger partial charge in [0, 0.05) is 18.6 Å². The first-order valence-corrected chi connectivity index (χ1v) is 10.9. The highest BCUT2D eigenvalue weighted by molar-refractivity contribution is 6.17. The molecule has 0 bridgehead atoms. The van der Waals surface area contributed by atoms with Crippen LogP contribution in [0.1, 0.15) is 48.9 Å². The summed E-state index contributed by atoms with van der Waals surface area (Å²) in [5.74, 6) is 2.19. The minimum absolute atomic E-state index is 0.0677. The van der Waals surface area contributed by atoms with Crippen LogP contribution in [-0.2, 0) is 0 Å². The number of nitrogens with zero attached hydrogens (tertiary/aromatic N) is 2. The smallest absolute Gasteiger partial charge is 0.256 e. The molecule has 0 aliphatic carbocycles. The van der Waals surface area contributed by atoms with Gasteiger partial charge in [0.15, 0.2) is 11.5 Å². The van der Waals surface area contributed by atoms with E-state index in [9.17, 15) is 4.79 Å². The van der Waals surface area contributed by atoms with Crippen molar-refractivity contribution in [2.24, 2.45) is 4.99 Å². The summed E-state index contributed by atoms with van der Waals surface area (Å²) in [5.41, 5.74) is 1.39. The van der Waals surface area contributed by atoms with Crippen LogP contribution in [0.3, 0.4) is 0 Å². The van der Waals surface area contributed by atoms with Crippen molar-refractivity contribution in [3.05, 3.63) is 29.8 Å². The maximum absolute atomic E-state index is 13.0. The van der Waals surface area contributed by atoms with Crippen molar-refractivity contribution in [2.45, 2.75) is 44.6 Å². The molecule has 4 rings (SSSR count). The van der Waals surface area contributed by atoms with Crippen LogP contribution in [0.15, 0.2) is 29.3 Å². The van der Waals surface area contributed by atoms with E-state index in [0.29, 0.717) is 23.8 Å². The average Bonchev–Trinajstić information content (AvgIpc) is 3.17. The number of unbranched alkanes of at least 4 members (excludes halogenated alkanes) is 3. The lowest BCUT2D eigenvalue weighted by molar-refractivity contribution is 0.0775. The van der Waals surface area contributed by atoms with E-state index < -0.39 is 0 Å². The molecular formula is C23H27ClN2O3. The summed E-state index contributed by atoms with van der Waals surface area (Å²) in [5, 5.41) is 1.95. The normalized spacial score (nSPS) is 17.9. The van der Waals surface area contributed by atoms with E-state index in [1.807, 2.05) is 35.4 Å². The zero-order valence-electron chi connectivity index (χ0n) is 16.8. The molecule has 1 fully saturated rings. The van der Waals surface area contributed by atoms with Crippen LogP contribution in [0, 0.1) is 0 Å². The van der Waals surface area contributed by atoms with Gasteiger partial charge in [0.25, 0.3) is 5.91 Å². The van der Waals surface area contributed by atoms with Gasteiger partial charge in [-0.3, -0.25) is 9.79 Å². The average molecular weight is 415 g/mol. The molecule has 2 aliphatic rings. The molecule has 1 saturated heterocycles. The van der Waals surface area contributed by atoms with Crippen LogP contribution >= 0.6 is 11.6 Å². The first-order chi connectivity index (χ1) is 14.2. The van der Waals surface area contributed by atoms with Gasteiger partial charge >= 0.3 is 0 Å². The highest BCUT2D eigenvalue weighted by atomic mass is 35.5. The van der Waals surface area contributed by atoms with Crippen LogP contribution in [0.4, 0.5) is 5.69 Å².